The molecule has 2 aromatic carbocycles. The summed E-state index contributed by atoms with van der Waals surface area (Å²) in [6.45, 7) is 4.55. The molecule has 0 fully saturated rings. The number of thiazole rings is 1. The van der Waals surface area contributed by atoms with Gasteiger partial charge in [0.2, 0.25) is 0 Å². The molecule has 0 saturated carbocycles. The zero-order valence-electron chi connectivity index (χ0n) is 22.3. The van der Waals surface area contributed by atoms with Gasteiger partial charge < -0.3 is 18.9 Å². The first-order valence-corrected chi connectivity index (χ1v) is 13.3. The van der Waals surface area contributed by atoms with Gasteiger partial charge in [0, 0.05) is 0 Å². The third-order valence-corrected chi connectivity index (χ3v) is 7.33. The topological polar surface area (TPSA) is 88.4 Å². The maximum Gasteiger partial charge on any atom is 0.338 e. The first-order chi connectivity index (χ1) is 18.4. The van der Waals surface area contributed by atoms with Crippen LogP contribution in [0.25, 0.3) is 6.08 Å². The average molecular weight is 537 g/mol. The van der Waals surface area contributed by atoms with Crippen LogP contribution in [0.1, 0.15) is 50.3 Å². The van der Waals surface area contributed by atoms with Crippen LogP contribution in [-0.2, 0) is 9.53 Å². The number of nitrogens with zero attached hydrogens (tertiary/aromatic N) is 2. The molecule has 2 heterocycles. The van der Waals surface area contributed by atoms with E-state index in [2.05, 4.69) is 11.9 Å². The Morgan fingerprint density at radius 2 is 1.79 bits per heavy atom. The zero-order chi connectivity index (χ0) is 27.2. The van der Waals surface area contributed by atoms with Gasteiger partial charge in [-0.1, -0.05) is 49.3 Å². The van der Waals surface area contributed by atoms with Gasteiger partial charge in [0.15, 0.2) is 16.3 Å². The number of ether oxygens (including phenoxy) is 4. The maximum atomic E-state index is 13.7. The van der Waals surface area contributed by atoms with E-state index >= 15 is 0 Å². The van der Waals surface area contributed by atoms with Gasteiger partial charge in [-0.2, -0.15) is 0 Å². The molecule has 38 heavy (non-hydrogen) atoms. The number of rotatable bonds is 10. The molecule has 1 atom stereocenters. The van der Waals surface area contributed by atoms with Crippen LogP contribution in [0.4, 0.5) is 0 Å². The number of carbonyl (C=O) groups excluding carboxylic acids is 1. The molecule has 0 spiro atoms. The molecule has 0 N–H and O–H groups in total. The number of carbonyl (C=O) groups is 1. The molecule has 0 bridgehead atoms. The number of hydrogen-bond donors (Lipinski definition) is 0. The van der Waals surface area contributed by atoms with Gasteiger partial charge >= 0.3 is 5.97 Å². The van der Waals surface area contributed by atoms with Crippen molar-refractivity contribution in [1.29, 1.82) is 0 Å². The molecule has 0 saturated heterocycles. The van der Waals surface area contributed by atoms with Crippen LogP contribution < -0.4 is 29.1 Å². The number of allylic oxidation sites excluding steroid dienone is 1. The highest BCUT2D eigenvalue weighted by atomic mass is 32.1. The Balaban J connectivity index is 1.79. The van der Waals surface area contributed by atoms with Gasteiger partial charge in [-0.3, -0.25) is 9.36 Å². The molecule has 0 amide bonds. The quantitative estimate of drug-likeness (QED) is 0.288. The number of esters is 1. The maximum absolute atomic E-state index is 13.7. The first-order valence-electron chi connectivity index (χ1n) is 12.5. The van der Waals surface area contributed by atoms with E-state index in [-0.39, 0.29) is 5.56 Å². The Hall–Kier alpha value is -3.85. The normalized spacial score (nSPS) is 15.1. The van der Waals surface area contributed by atoms with Crippen molar-refractivity contribution >= 4 is 23.4 Å². The summed E-state index contributed by atoms with van der Waals surface area (Å²) in [6, 6.07) is 12.3. The second-order valence-corrected chi connectivity index (χ2v) is 9.82. The predicted molar refractivity (Wildman–Crippen MR) is 147 cm³/mol. The number of fused-ring (bicyclic) bond motifs is 1. The highest BCUT2D eigenvalue weighted by molar-refractivity contribution is 7.07. The molecule has 3 aromatic rings. The summed E-state index contributed by atoms with van der Waals surface area (Å²) in [5.74, 6) is 1.38. The number of hydrogen-bond acceptors (Lipinski definition) is 8. The van der Waals surface area contributed by atoms with Crippen molar-refractivity contribution in [1.82, 2.24) is 4.57 Å². The summed E-state index contributed by atoms with van der Waals surface area (Å²) in [4.78, 5) is 31.7. The third kappa shape index (κ3) is 5.52. The molecule has 0 aliphatic carbocycles. The van der Waals surface area contributed by atoms with Gasteiger partial charge in [-0.25, -0.2) is 9.79 Å². The molecule has 0 radical (unpaired) electrons. The van der Waals surface area contributed by atoms with Gasteiger partial charge in [0.1, 0.15) is 5.75 Å². The predicted octanol–water partition coefficient (Wildman–Crippen LogP) is 3.99. The minimum atomic E-state index is -0.680. The molecule has 1 aliphatic heterocycles. The largest absolute Gasteiger partial charge is 0.494 e. The lowest BCUT2D eigenvalue weighted by Gasteiger charge is -2.24. The van der Waals surface area contributed by atoms with Crippen molar-refractivity contribution in [2.24, 2.45) is 4.99 Å². The van der Waals surface area contributed by atoms with Crippen LogP contribution >= 0.6 is 11.3 Å². The van der Waals surface area contributed by atoms with E-state index in [9.17, 15) is 9.59 Å². The van der Waals surface area contributed by atoms with Crippen molar-refractivity contribution in [2.45, 2.75) is 39.2 Å². The Morgan fingerprint density at radius 1 is 1.05 bits per heavy atom. The Kier molecular flexibility index (Phi) is 8.68. The molecule has 1 unspecified atom stereocenters. The molecule has 200 valence electrons. The number of aromatic nitrogens is 1. The summed E-state index contributed by atoms with van der Waals surface area (Å²) in [5.41, 5.74) is 2.13. The minimum absolute atomic E-state index is 0.248. The summed E-state index contributed by atoms with van der Waals surface area (Å²) >= 11 is 1.27. The van der Waals surface area contributed by atoms with Crippen LogP contribution in [-0.4, -0.2) is 38.5 Å². The first kappa shape index (κ1) is 27.2. The van der Waals surface area contributed by atoms with Crippen molar-refractivity contribution in [3.8, 4) is 17.2 Å². The fourth-order valence-electron chi connectivity index (χ4n) is 4.39. The number of benzene rings is 2. The monoisotopic (exact) mass is 536 g/mol. The lowest BCUT2D eigenvalue weighted by Crippen LogP contribution is -2.39. The van der Waals surface area contributed by atoms with Crippen LogP contribution in [0.15, 0.2) is 63.5 Å². The molecule has 4 rings (SSSR count). The van der Waals surface area contributed by atoms with Crippen molar-refractivity contribution in [2.75, 3.05) is 27.9 Å². The van der Waals surface area contributed by atoms with E-state index in [4.69, 9.17) is 18.9 Å². The highest BCUT2D eigenvalue weighted by Gasteiger charge is 2.33. The smallest absolute Gasteiger partial charge is 0.338 e. The molecular weight excluding hydrogens is 504 g/mol. The molecule has 1 aliphatic rings. The molecule has 1 aromatic heterocycles. The minimum Gasteiger partial charge on any atom is -0.494 e. The standard InChI is InChI=1S/C29H32N2O6S/c1-6-7-8-15-37-21-12-10-20(11-13-21)26-25(28(33)36-5)18(2)30-29-31(26)27(32)24(38-29)17-19-9-14-22(34-3)23(16-19)35-4/h9-14,16-17,26H,6-8,15H2,1-5H3/b24-17-. The summed E-state index contributed by atoms with van der Waals surface area (Å²) in [5, 5.41) is 0. The lowest BCUT2D eigenvalue weighted by molar-refractivity contribution is -0.136. The third-order valence-electron chi connectivity index (χ3n) is 6.34. The van der Waals surface area contributed by atoms with Crippen molar-refractivity contribution < 1.29 is 23.7 Å². The van der Waals surface area contributed by atoms with E-state index in [1.54, 1.807) is 43.9 Å². The SMILES string of the molecule is CCCCCOc1ccc(C2C(C(=O)OC)=C(C)N=c3s/c(=C\c4ccc(OC)c(OC)c4)c(=O)n32)cc1. The lowest BCUT2D eigenvalue weighted by atomic mass is 9.96. The van der Waals surface area contributed by atoms with Crippen LogP contribution in [0.5, 0.6) is 17.2 Å². The van der Waals surface area contributed by atoms with Crippen LogP contribution in [0.3, 0.4) is 0 Å². The van der Waals surface area contributed by atoms with E-state index in [0.717, 1.165) is 36.1 Å². The van der Waals surface area contributed by atoms with Gasteiger partial charge in [-0.15, -0.1) is 0 Å². The fourth-order valence-corrected chi connectivity index (χ4v) is 5.44. The summed E-state index contributed by atoms with van der Waals surface area (Å²) in [7, 11) is 4.46. The fraction of sp³-hybridized carbons (Fsp3) is 0.345. The van der Waals surface area contributed by atoms with Gasteiger partial charge in [0.05, 0.1) is 49.8 Å². The van der Waals surface area contributed by atoms with E-state index in [1.807, 2.05) is 30.3 Å². The summed E-state index contributed by atoms with van der Waals surface area (Å²) in [6.07, 6.45) is 5.01. The Labute approximate surface area is 225 Å². The van der Waals surface area contributed by atoms with Crippen LogP contribution in [0.2, 0.25) is 0 Å². The Morgan fingerprint density at radius 3 is 2.45 bits per heavy atom. The Bertz CT molecular complexity index is 1520. The molecule has 9 heteroatoms. The number of methoxy groups -OCH3 is 3. The van der Waals surface area contributed by atoms with E-state index < -0.39 is 12.0 Å². The zero-order valence-corrected chi connectivity index (χ0v) is 23.1. The molecule has 8 nitrogen and oxygen atoms in total. The van der Waals surface area contributed by atoms with Crippen molar-refractivity contribution in [3.05, 3.63) is 84.5 Å². The van der Waals surface area contributed by atoms with Gasteiger partial charge in [0.25, 0.3) is 5.56 Å². The van der Waals surface area contributed by atoms with E-state index in [0.29, 0.717) is 38.7 Å². The molecular formula is C29H32N2O6S. The summed E-state index contributed by atoms with van der Waals surface area (Å²) < 4.78 is 23.7. The van der Waals surface area contributed by atoms with Gasteiger partial charge in [-0.05, 0) is 54.8 Å². The van der Waals surface area contributed by atoms with Crippen LogP contribution in [0, 0.1) is 0 Å². The number of unbranched alkanes of at least 4 members (excludes halogenated alkanes) is 2. The van der Waals surface area contributed by atoms with Crippen molar-refractivity contribution in [3.63, 3.8) is 0 Å². The van der Waals surface area contributed by atoms with E-state index in [1.165, 1.54) is 18.4 Å². The second-order valence-electron chi connectivity index (χ2n) is 8.81. The second kappa shape index (κ2) is 12.1. The highest BCUT2D eigenvalue weighted by Crippen LogP contribution is 2.32. The average Bonchev–Trinajstić information content (AvgIpc) is 3.24.